The third-order valence-corrected chi connectivity index (χ3v) is 5.20. The minimum Gasteiger partial charge on any atom is -0.349 e. The molecule has 3 nitrogen and oxygen atoms in total. The average molecular weight is 347 g/mol. The lowest BCUT2D eigenvalue weighted by Crippen LogP contribution is -2.34. The van der Waals surface area contributed by atoms with Gasteiger partial charge in [-0.25, -0.2) is 4.39 Å². The van der Waals surface area contributed by atoms with Crippen LogP contribution in [0.5, 0.6) is 0 Å². The fourth-order valence-electron chi connectivity index (χ4n) is 3.37. The molecule has 1 saturated carbocycles. The first kappa shape index (κ1) is 17.5. The lowest BCUT2D eigenvalue weighted by molar-refractivity contribution is -0.123. The molecule has 2 N–H and O–H groups in total. The summed E-state index contributed by atoms with van der Waals surface area (Å²) < 4.78 is 13.2. The Balaban J connectivity index is 0.00000176. The average Bonchev–Trinajstić information content (AvgIpc) is 3.16. The zero-order chi connectivity index (χ0) is 15.0. The van der Waals surface area contributed by atoms with Crippen molar-refractivity contribution >= 4 is 29.9 Å². The van der Waals surface area contributed by atoms with E-state index in [0.717, 1.165) is 37.9 Å². The second-order valence-corrected chi connectivity index (χ2v) is 6.68. The molecule has 1 aromatic rings. The molecule has 2 fully saturated rings. The number of halogens is 3. The number of hydrogen-bond acceptors (Lipinski definition) is 2. The molecule has 1 aromatic carbocycles. The van der Waals surface area contributed by atoms with Crippen LogP contribution in [0.3, 0.4) is 0 Å². The second kappa shape index (κ2) is 6.73. The Hall–Kier alpha value is -0.840. The van der Waals surface area contributed by atoms with E-state index in [1.165, 1.54) is 6.07 Å². The second-order valence-electron chi connectivity index (χ2n) is 6.27. The Bertz CT molecular complexity index is 561. The molecular formula is C16H21Cl2FN2O. The number of carbonyl (C=O) groups is 1. The molecule has 2 atom stereocenters. The predicted octanol–water partition coefficient (Wildman–Crippen LogP) is 3.47. The summed E-state index contributed by atoms with van der Waals surface area (Å²) in [4.78, 5) is 12.4. The molecule has 1 aliphatic carbocycles. The molecule has 0 aromatic heterocycles. The Morgan fingerprint density at radius 1 is 1.45 bits per heavy atom. The first-order chi connectivity index (χ1) is 10.0. The smallest absolute Gasteiger partial charge is 0.224 e. The van der Waals surface area contributed by atoms with Crippen LogP contribution in [0, 0.1) is 17.2 Å². The van der Waals surface area contributed by atoms with Gasteiger partial charge in [0.25, 0.3) is 0 Å². The predicted molar refractivity (Wildman–Crippen MR) is 87.9 cm³/mol. The van der Waals surface area contributed by atoms with Crippen LogP contribution in [0.2, 0.25) is 5.02 Å². The van der Waals surface area contributed by atoms with E-state index in [9.17, 15) is 9.18 Å². The van der Waals surface area contributed by atoms with Gasteiger partial charge >= 0.3 is 0 Å². The van der Waals surface area contributed by atoms with Gasteiger partial charge in [-0.15, -0.1) is 12.4 Å². The van der Waals surface area contributed by atoms with Crippen LogP contribution in [0.25, 0.3) is 0 Å². The van der Waals surface area contributed by atoms with Gasteiger partial charge in [0.1, 0.15) is 5.82 Å². The minimum atomic E-state index is -0.435. The van der Waals surface area contributed by atoms with Crippen LogP contribution in [0.4, 0.5) is 4.39 Å². The summed E-state index contributed by atoms with van der Waals surface area (Å²) in [7, 11) is 0. The van der Waals surface area contributed by atoms with Crippen LogP contribution >= 0.6 is 24.0 Å². The summed E-state index contributed by atoms with van der Waals surface area (Å²) in [5, 5.41) is 6.46. The maximum atomic E-state index is 13.2. The number of carbonyl (C=O) groups excluding carboxylic acids is 1. The summed E-state index contributed by atoms with van der Waals surface area (Å²) in [6.07, 6.45) is 3.17. The van der Waals surface area contributed by atoms with Crippen molar-refractivity contribution in [2.75, 3.05) is 13.1 Å². The largest absolute Gasteiger partial charge is 0.349 e. The van der Waals surface area contributed by atoms with Crippen molar-refractivity contribution in [3.63, 3.8) is 0 Å². The monoisotopic (exact) mass is 346 g/mol. The molecule has 122 valence electrons. The molecule has 3 rings (SSSR count). The molecule has 1 saturated heterocycles. The van der Waals surface area contributed by atoms with E-state index in [4.69, 9.17) is 11.6 Å². The van der Waals surface area contributed by atoms with E-state index < -0.39 is 5.82 Å². The zero-order valence-electron chi connectivity index (χ0n) is 12.5. The highest BCUT2D eigenvalue weighted by Crippen LogP contribution is 2.58. The number of hydrogen-bond donors (Lipinski definition) is 2. The van der Waals surface area contributed by atoms with Crippen molar-refractivity contribution in [3.8, 4) is 0 Å². The Labute approximate surface area is 141 Å². The van der Waals surface area contributed by atoms with Crippen molar-refractivity contribution in [1.29, 1.82) is 0 Å². The van der Waals surface area contributed by atoms with Crippen LogP contribution in [-0.2, 0) is 4.79 Å². The number of rotatable bonds is 3. The summed E-state index contributed by atoms with van der Waals surface area (Å²) in [5.41, 5.74) is 1.06. The van der Waals surface area contributed by atoms with Crippen LogP contribution in [0.1, 0.15) is 37.8 Å². The van der Waals surface area contributed by atoms with E-state index >= 15 is 0 Å². The van der Waals surface area contributed by atoms with Crippen molar-refractivity contribution in [3.05, 3.63) is 34.6 Å². The quantitative estimate of drug-likeness (QED) is 0.879. The Morgan fingerprint density at radius 2 is 2.14 bits per heavy atom. The highest BCUT2D eigenvalue weighted by molar-refractivity contribution is 6.30. The van der Waals surface area contributed by atoms with Gasteiger partial charge in [-0.1, -0.05) is 17.7 Å². The number of benzene rings is 1. The van der Waals surface area contributed by atoms with Gasteiger partial charge in [0.05, 0.1) is 11.1 Å². The number of amides is 1. The van der Waals surface area contributed by atoms with Crippen LogP contribution < -0.4 is 10.6 Å². The molecule has 2 aliphatic rings. The molecule has 1 heterocycles. The van der Waals surface area contributed by atoms with E-state index in [1.807, 2.05) is 6.92 Å². The van der Waals surface area contributed by atoms with Gasteiger partial charge in [0.2, 0.25) is 5.91 Å². The van der Waals surface area contributed by atoms with E-state index in [-0.39, 0.29) is 40.7 Å². The normalized spacial score (nSPS) is 23.5. The van der Waals surface area contributed by atoms with E-state index in [1.54, 1.807) is 12.1 Å². The van der Waals surface area contributed by atoms with Crippen molar-refractivity contribution in [2.45, 2.75) is 32.2 Å². The molecule has 0 radical (unpaired) electrons. The summed E-state index contributed by atoms with van der Waals surface area (Å²) in [6.45, 7) is 3.92. The highest BCUT2D eigenvalue weighted by atomic mass is 35.5. The summed E-state index contributed by atoms with van der Waals surface area (Å²) >= 11 is 5.79. The standard InChI is InChI=1S/C16H20ClFN2O.ClH/c1-10(11-2-3-14(18)13(17)8-11)20-15(21)12-9-16(12)4-6-19-7-5-16;/h2-3,8,10,12,19H,4-7,9H2,1H3,(H,20,21);1H. The van der Waals surface area contributed by atoms with Gasteiger partial charge in [-0.3, -0.25) is 4.79 Å². The van der Waals surface area contributed by atoms with Crippen molar-refractivity contribution in [1.82, 2.24) is 10.6 Å². The number of piperidine rings is 1. The SMILES string of the molecule is CC(NC(=O)C1CC12CCNCC2)c1ccc(F)c(Cl)c1.Cl. The van der Waals surface area contributed by atoms with Crippen LogP contribution in [0.15, 0.2) is 18.2 Å². The topological polar surface area (TPSA) is 41.1 Å². The molecule has 2 unspecified atom stereocenters. The maximum absolute atomic E-state index is 13.2. The van der Waals surface area contributed by atoms with Gasteiger partial charge in [0.15, 0.2) is 0 Å². The van der Waals surface area contributed by atoms with Gasteiger partial charge < -0.3 is 10.6 Å². The molecule has 22 heavy (non-hydrogen) atoms. The first-order valence-electron chi connectivity index (χ1n) is 7.48. The molecule has 1 spiro atoms. The molecule has 1 aliphatic heterocycles. The fraction of sp³-hybridized carbons (Fsp3) is 0.562. The van der Waals surface area contributed by atoms with Gasteiger partial charge in [0, 0.05) is 5.92 Å². The minimum absolute atomic E-state index is 0. The van der Waals surface area contributed by atoms with E-state index in [0.29, 0.717) is 0 Å². The van der Waals surface area contributed by atoms with Crippen LogP contribution in [-0.4, -0.2) is 19.0 Å². The van der Waals surface area contributed by atoms with Crippen molar-refractivity contribution < 1.29 is 9.18 Å². The third-order valence-electron chi connectivity index (χ3n) is 4.91. The Kier molecular flexibility index (Phi) is 5.36. The van der Waals surface area contributed by atoms with Crippen molar-refractivity contribution in [2.24, 2.45) is 11.3 Å². The molecular weight excluding hydrogens is 326 g/mol. The molecule has 0 bridgehead atoms. The third kappa shape index (κ3) is 3.39. The highest BCUT2D eigenvalue weighted by Gasteiger charge is 2.57. The lowest BCUT2D eigenvalue weighted by Gasteiger charge is -2.24. The zero-order valence-corrected chi connectivity index (χ0v) is 14.1. The summed E-state index contributed by atoms with van der Waals surface area (Å²) in [5.74, 6) is -0.183. The fourth-order valence-corrected chi connectivity index (χ4v) is 3.56. The lowest BCUT2D eigenvalue weighted by atomic mass is 9.91. The maximum Gasteiger partial charge on any atom is 0.224 e. The van der Waals surface area contributed by atoms with Gasteiger partial charge in [-0.2, -0.15) is 0 Å². The summed E-state index contributed by atoms with van der Waals surface area (Å²) in [6, 6.07) is 4.43. The van der Waals surface area contributed by atoms with E-state index in [2.05, 4.69) is 10.6 Å². The Morgan fingerprint density at radius 3 is 2.77 bits per heavy atom. The molecule has 6 heteroatoms. The first-order valence-corrected chi connectivity index (χ1v) is 7.86. The van der Waals surface area contributed by atoms with Gasteiger partial charge in [-0.05, 0) is 62.4 Å². The molecule has 1 amide bonds. The number of nitrogens with one attached hydrogen (secondary N) is 2.